The number of hydrogen-bond acceptors (Lipinski definition) is 2. The van der Waals surface area contributed by atoms with Gasteiger partial charge in [0.05, 0.1) is 0 Å². The largest absolute Gasteiger partial charge is 0.348 e. The second kappa shape index (κ2) is 6.40. The van der Waals surface area contributed by atoms with Crippen LogP contribution in [-0.2, 0) is 0 Å². The lowest BCUT2D eigenvalue weighted by atomic mass is 10.1. The lowest BCUT2D eigenvalue weighted by Gasteiger charge is -2.06. The zero-order valence-corrected chi connectivity index (χ0v) is 13.6. The standard InChI is InChI=1S/C21H18N2O2/c24-20-16(11-12-18(22-20)15-9-5-2-6-10-15)21(25)23-19-13-17(19)14-7-3-1-4-8-14/h1-12,17,19H,13H2,(H,22,24)(H,23,25)/t17-,19-/m0/s1. The Kier molecular flexibility index (Phi) is 3.94. The number of H-pyrrole nitrogens is 1. The van der Waals surface area contributed by atoms with Gasteiger partial charge < -0.3 is 10.3 Å². The molecule has 4 heteroatoms. The van der Waals surface area contributed by atoms with Crippen LogP contribution in [0.5, 0.6) is 0 Å². The van der Waals surface area contributed by atoms with Gasteiger partial charge >= 0.3 is 0 Å². The Morgan fingerprint density at radius 2 is 1.60 bits per heavy atom. The monoisotopic (exact) mass is 330 g/mol. The molecule has 0 unspecified atom stereocenters. The van der Waals surface area contributed by atoms with Crippen molar-refractivity contribution in [2.45, 2.75) is 18.4 Å². The Hall–Kier alpha value is -3.14. The van der Waals surface area contributed by atoms with Crippen molar-refractivity contribution in [3.8, 4) is 11.3 Å². The number of benzene rings is 2. The molecule has 1 amide bonds. The molecule has 25 heavy (non-hydrogen) atoms. The van der Waals surface area contributed by atoms with E-state index in [2.05, 4.69) is 22.4 Å². The summed E-state index contributed by atoms with van der Waals surface area (Å²) in [5.74, 6) is 0.0251. The number of nitrogens with one attached hydrogen (secondary N) is 2. The molecule has 4 rings (SSSR count). The van der Waals surface area contributed by atoms with Gasteiger partial charge in [-0.15, -0.1) is 0 Å². The number of carbonyl (C=O) groups excluding carboxylic acids is 1. The fourth-order valence-electron chi connectivity index (χ4n) is 3.11. The second-order valence-corrected chi connectivity index (χ2v) is 6.31. The van der Waals surface area contributed by atoms with Crippen LogP contribution in [0.4, 0.5) is 0 Å². The van der Waals surface area contributed by atoms with Crippen molar-refractivity contribution in [3.05, 3.63) is 94.3 Å². The lowest BCUT2D eigenvalue weighted by Crippen LogP contribution is -2.31. The average Bonchev–Trinajstić information content (AvgIpc) is 3.42. The molecule has 0 spiro atoms. The Morgan fingerprint density at radius 1 is 0.920 bits per heavy atom. The van der Waals surface area contributed by atoms with Crippen molar-refractivity contribution < 1.29 is 4.79 Å². The van der Waals surface area contributed by atoms with Crippen molar-refractivity contribution in [2.24, 2.45) is 0 Å². The highest BCUT2D eigenvalue weighted by atomic mass is 16.2. The molecule has 1 aliphatic carbocycles. The van der Waals surface area contributed by atoms with E-state index in [1.165, 1.54) is 5.56 Å². The minimum Gasteiger partial charge on any atom is -0.348 e. The maximum absolute atomic E-state index is 12.4. The first-order valence-electron chi connectivity index (χ1n) is 8.37. The highest BCUT2D eigenvalue weighted by molar-refractivity contribution is 5.94. The van der Waals surface area contributed by atoms with Gasteiger partial charge in [0, 0.05) is 17.7 Å². The number of carbonyl (C=O) groups is 1. The molecule has 0 radical (unpaired) electrons. The summed E-state index contributed by atoms with van der Waals surface area (Å²) in [6.45, 7) is 0. The summed E-state index contributed by atoms with van der Waals surface area (Å²) in [5, 5.41) is 2.96. The van der Waals surface area contributed by atoms with Crippen LogP contribution >= 0.6 is 0 Å². The van der Waals surface area contributed by atoms with Crippen molar-refractivity contribution >= 4 is 5.91 Å². The Labute approximate surface area is 145 Å². The Balaban J connectivity index is 1.47. The van der Waals surface area contributed by atoms with E-state index in [1.54, 1.807) is 12.1 Å². The molecule has 124 valence electrons. The molecule has 0 saturated heterocycles. The van der Waals surface area contributed by atoms with Crippen LogP contribution in [0.1, 0.15) is 28.3 Å². The molecule has 1 aromatic heterocycles. The van der Waals surface area contributed by atoms with Crippen LogP contribution in [-0.4, -0.2) is 16.9 Å². The summed E-state index contributed by atoms with van der Waals surface area (Å²) in [6, 6.07) is 23.1. The van der Waals surface area contributed by atoms with Gasteiger partial charge in [0.25, 0.3) is 11.5 Å². The molecule has 3 aromatic rings. The van der Waals surface area contributed by atoms with Gasteiger partial charge in [-0.05, 0) is 29.7 Å². The number of amides is 1. The number of hydrogen-bond donors (Lipinski definition) is 2. The molecule has 2 N–H and O–H groups in total. The molecule has 1 fully saturated rings. The average molecular weight is 330 g/mol. The zero-order chi connectivity index (χ0) is 17.2. The molecule has 0 bridgehead atoms. The van der Waals surface area contributed by atoms with E-state index < -0.39 is 0 Å². The topological polar surface area (TPSA) is 62.0 Å². The van der Waals surface area contributed by atoms with Crippen LogP contribution in [0.3, 0.4) is 0 Å². The third-order valence-electron chi connectivity index (χ3n) is 4.57. The van der Waals surface area contributed by atoms with Crippen LogP contribution in [0.2, 0.25) is 0 Å². The van der Waals surface area contributed by atoms with Gasteiger partial charge in [0.2, 0.25) is 0 Å². The third-order valence-corrected chi connectivity index (χ3v) is 4.57. The quantitative estimate of drug-likeness (QED) is 0.771. The molecule has 2 aromatic carbocycles. The molecule has 0 aliphatic heterocycles. The number of rotatable bonds is 4. The molecule has 4 nitrogen and oxygen atoms in total. The van der Waals surface area contributed by atoms with E-state index in [4.69, 9.17) is 0 Å². The predicted octanol–water partition coefficient (Wildman–Crippen LogP) is 3.33. The summed E-state index contributed by atoms with van der Waals surface area (Å²) < 4.78 is 0. The van der Waals surface area contributed by atoms with Crippen molar-refractivity contribution in [3.63, 3.8) is 0 Å². The normalized spacial score (nSPS) is 18.6. The van der Waals surface area contributed by atoms with E-state index in [-0.39, 0.29) is 23.1 Å². The van der Waals surface area contributed by atoms with Gasteiger partial charge in [-0.2, -0.15) is 0 Å². The molecule has 1 saturated carbocycles. The van der Waals surface area contributed by atoms with E-state index in [1.807, 2.05) is 48.5 Å². The van der Waals surface area contributed by atoms with E-state index in [0.717, 1.165) is 12.0 Å². The fraction of sp³-hybridized carbons (Fsp3) is 0.143. The maximum Gasteiger partial charge on any atom is 0.261 e. The van der Waals surface area contributed by atoms with Gasteiger partial charge in [0.15, 0.2) is 0 Å². The smallest absolute Gasteiger partial charge is 0.261 e. The predicted molar refractivity (Wildman–Crippen MR) is 97.6 cm³/mol. The van der Waals surface area contributed by atoms with Gasteiger partial charge in [-0.25, -0.2) is 0 Å². The fourth-order valence-corrected chi connectivity index (χ4v) is 3.11. The zero-order valence-electron chi connectivity index (χ0n) is 13.6. The summed E-state index contributed by atoms with van der Waals surface area (Å²) in [6.07, 6.45) is 0.912. The summed E-state index contributed by atoms with van der Waals surface area (Å²) in [7, 11) is 0. The molecular weight excluding hydrogens is 312 g/mol. The second-order valence-electron chi connectivity index (χ2n) is 6.31. The first-order valence-corrected chi connectivity index (χ1v) is 8.37. The number of pyridine rings is 1. The van der Waals surface area contributed by atoms with Crippen LogP contribution in [0, 0.1) is 0 Å². The first-order chi connectivity index (χ1) is 12.2. The van der Waals surface area contributed by atoms with E-state index in [0.29, 0.717) is 11.6 Å². The highest BCUT2D eigenvalue weighted by Crippen LogP contribution is 2.40. The van der Waals surface area contributed by atoms with Crippen LogP contribution in [0.25, 0.3) is 11.3 Å². The first kappa shape index (κ1) is 15.4. The third kappa shape index (κ3) is 3.24. The summed E-state index contributed by atoms with van der Waals surface area (Å²) in [4.78, 5) is 27.5. The minimum absolute atomic E-state index is 0.100. The van der Waals surface area contributed by atoms with Crippen molar-refractivity contribution in [1.29, 1.82) is 0 Å². The van der Waals surface area contributed by atoms with Crippen LogP contribution < -0.4 is 10.9 Å². The van der Waals surface area contributed by atoms with E-state index >= 15 is 0 Å². The van der Waals surface area contributed by atoms with Gasteiger partial charge in [-0.1, -0.05) is 60.7 Å². The summed E-state index contributed by atoms with van der Waals surface area (Å²) in [5.41, 5.74) is 2.63. The molecule has 2 atom stereocenters. The molecule has 1 heterocycles. The van der Waals surface area contributed by atoms with Crippen LogP contribution in [0.15, 0.2) is 77.6 Å². The lowest BCUT2D eigenvalue weighted by molar-refractivity contribution is 0.0949. The van der Waals surface area contributed by atoms with Crippen molar-refractivity contribution in [1.82, 2.24) is 10.3 Å². The SMILES string of the molecule is O=C(N[C@H]1C[C@H]1c1ccccc1)c1ccc(-c2ccccc2)[nH]c1=O. The van der Waals surface area contributed by atoms with Crippen molar-refractivity contribution in [2.75, 3.05) is 0 Å². The van der Waals surface area contributed by atoms with Gasteiger partial charge in [-0.3, -0.25) is 9.59 Å². The Bertz CT molecular complexity index is 948. The summed E-state index contributed by atoms with van der Waals surface area (Å²) >= 11 is 0. The number of aromatic nitrogens is 1. The Morgan fingerprint density at radius 3 is 2.28 bits per heavy atom. The minimum atomic E-state index is -0.365. The van der Waals surface area contributed by atoms with Gasteiger partial charge in [0.1, 0.15) is 5.56 Å². The molecular formula is C21H18N2O2. The molecule has 1 aliphatic rings. The highest BCUT2D eigenvalue weighted by Gasteiger charge is 2.39. The van der Waals surface area contributed by atoms with E-state index in [9.17, 15) is 9.59 Å². The maximum atomic E-state index is 12.4. The number of aromatic amines is 1.